The molecule has 2 fully saturated rings. The van der Waals surface area contributed by atoms with Crippen molar-refractivity contribution >= 4 is 5.97 Å². The number of carbonyl (C=O) groups is 1. The van der Waals surface area contributed by atoms with Crippen molar-refractivity contribution in [2.75, 3.05) is 6.61 Å². The lowest BCUT2D eigenvalue weighted by molar-refractivity contribution is -0.146. The molecule has 2 unspecified atom stereocenters. The number of allylic oxidation sites excluding steroid dienone is 1. The van der Waals surface area contributed by atoms with E-state index in [1.165, 1.54) is 22.3 Å². The standard InChI is InChI=1S/C24H26O3/c1-16-7-17(2)9-20(8-16)14-26-22-6-4-5-19(11-22)13-24-12-18(3)10-21(24)15-27-23(24)25/h4-9,11,21H,3,10,12-15H2,1-2H3. The number of fused-ring (bicyclic) bond motifs is 1. The van der Waals surface area contributed by atoms with Gasteiger partial charge in [-0.1, -0.05) is 53.6 Å². The van der Waals surface area contributed by atoms with Crippen LogP contribution in [0, 0.1) is 25.2 Å². The second-order valence-electron chi connectivity index (χ2n) is 8.19. The molecule has 2 atom stereocenters. The van der Waals surface area contributed by atoms with Gasteiger partial charge in [0, 0.05) is 5.92 Å². The van der Waals surface area contributed by atoms with Gasteiger partial charge >= 0.3 is 5.97 Å². The zero-order valence-corrected chi connectivity index (χ0v) is 16.1. The SMILES string of the molecule is C=C1CC2COC(=O)C2(Cc2cccc(OCc3cc(C)cc(C)c3)c2)C1. The van der Waals surface area contributed by atoms with Crippen LogP contribution >= 0.6 is 0 Å². The van der Waals surface area contributed by atoms with Gasteiger partial charge in [0.05, 0.1) is 12.0 Å². The van der Waals surface area contributed by atoms with E-state index < -0.39 is 5.41 Å². The summed E-state index contributed by atoms with van der Waals surface area (Å²) in [4.78, 5) is 12.5. The summed E-state index contributed by atoms with van der Waals surface area (Å²) in [5, 5.41) is 0. The molecule has 3 heteroatoms. The lowest BCUT2D eigenvalue weighted by Gasteiger charge is -2.24. The van der Waals surface area contributed by atoms with E-state index in [0.717, 1.165) is 24.2 Å². The van der Waals surface area contributed by atoms with Crippen molar-refractivity contribution in [1.82, 2.24) is 0 Å². The fourth-order valence-electron chi connectivity index (χ4n) is 4.69. The quantitative estimate of drug-likeness (QED) is 0.559. The Bertz CT molecular complexity index is 878. The largest absolute Gasteiger partial charge is 0.489 e. The summed E-state index contributed by atoms with van der Waals surface area (Å²) >= 11 is 0. The predicted octanol–water partition coefficient (Wildman–Crippen LogP) is 4.93. The van der Waals surface area contributed by atoms with Crippen LogP contribution in [0.1, 0.15) is 35.1 Å². The van der Waals surface area contributed by atoms with Crippen molar-refractivity contribution < 1.29 is 14.3 Å². The summed E-state index contributed by atoms with van der Waals surface area (Å²) in [6.45, 7) is 9.39. The van der Waals surface area contributed by atoms with Crippen molar-refractivity contribution in [3.05, 3.63) is 76.9 Å². The maximum Gasteiger partial charge on any atom is 0.313 e. The van der Waals surface area contributed by atoms with Crippen LogP contribution in [-0.4, -0.2) is 12.6 Å². The zero-order chi connectivity index (χ0) is 19.0. The van der Waals surface area contributed by atoms with Crippen LogP contribution in [0.25, 0.3) is 0 Å². The Labute approximate surface area is 161 Å². The Hall–Kier alpha value is -2.55. The van der Waals surface area contributed by atoms with E-state index in [2.05, 4.69) is 50.8 Å². The highest BCUT2D eigenvalue weighted by atomic mass is 16.5. The molecule has 1 aliphatic heterocycles. The van der Waals surface area contributed by atoms with Gasteiger partial charge in [0.2, 0.25) is 0 Å². The molecule has 0 N–H and O–H groups in total. The first-order chi connectivity index (χ1) is 12.9. The number of benzene rings is 2. The minimum atomic E-state index is -0.427. The summed E-state index contributed by atoms with van der Waals surface area (Å²) in [5.41, 5.74) is 5.51. The number of ether oxygens (including phenoxy) is 2. The third-order valence-corrected chi connectivity index (χ3v) is 5.81. The molecule has 0 amide bonds. The van der Waals surface area contributed by atoms with Crippen molar-refractivity contribution in [1.29, 1.82) is 0 Å². The summed E-state index contributed by atoms with van der Waals surface area (Å²) in [5.74, 6) is 1.04. The van der Waals surface area contributed by atoms with E-state index in [1.807, 2.05) is 12.1 Å². The number of hydrogen-bond acceptors (Lipinski definition) is 3. The molecule has 1 heterocycles. The second-order valence-corrected chi connectivity index (χ2v) is 8.19. The second kappa shape index (κ2) is 6.88. The van der Waals surface area contributed by atoms with Gasteiger partial charge < -0.3 is 9.47 Å². The summed E-state index contributed by atoms with van der Waals surface area (Å²) in [6.07, 6.45) is 2.33. The number of hydrogen-bond donors (Lipinski definition) is 0. The molecule has 4 rings (SSSR count). The third kappa shape index (κ3) is 3.51. The summed E-state index contributed by atoms with van der Waals surface area (Å²) in [6, 6.07) is 14.6. The first-order valence-corrected chi connectivity index (χ1v) is 9.57. The van der Waals surface area contributed by atoms with Crippen LogP contribution in [0.15, 0.2) is 54.6 Å². The van der Waals surface area contributed by atoms with Gasteiger partial charge in [0.1, 0.15) is 12.4 Å². The highest BCUT2D eigenvalue weighted by Crippen LogP contribution is 2.52. The Morgan fingerprint density at radius 3 is 2.70 bits per heavy atom. The fourth-order valence-corrected chi connectivity index (χ4v) is 4.69. The van der Waals surface area contributed by atoms with Crippen molar-refractivity contribution in [3.8, 4) is 5.75 Å². The zero-order valence-electron chi connectivity index (χ0n) is 16.1. The summed E-state index contributed by atoms with van der Waals surface area (Å²) < 4.78 is 11.4. The van der Waals surface area contributed by atoms with E-state index >= 15 is 0 Å². The van der Waals surface area contributed by atoms with Crippen LogP contribution in [0.5, 0.6) is 5.75 Å². The van der Waals surface area contributed by atoms with Crippen LogP contribution < -0.4 is 4.74 Å². The number of aryl methyl sites for hydroxylation is 2. The lowest BCUT2D eigenvalue weighted by Crippen LogP contribution is -2.31. The van der Waals surface area contributed by atoms with Crippen molar-refractivity contribution in [2.45, 2.75) is 39.7 Å². The van der Waals surface area contributed by atoms with Gasteiger partial charge in [0.15, 0.2) is 0 Å². The third-order valence-electron chi connectivity index (χ3n) is 5.81. The van der Waals surface area contributed by atoms with Gasteiger partial charge in [-0.15, -0.1) is 0 Å². The van der Waals surface area contributed by atoms with E-state index in [0.29, 0.717) is 19.6 Å². The van der Waals surface area contributed by atoms with Gasteiger partial charge in [-0.25, -0.2) is 0 Å². The molecule has 2 aromatic rings. The molecule has 27 heavy (non-hydrogen) atoms. The first kappa shape index (κ1) is 17.8. The average molecular weight is 362 g/mol. The highest BCUT2D eigenvalue weighted by molar-refractivity contribution is 5.81. The smallest absolute Gasteiger partial charge is 0.313 e. The van der Waals surface area contributed by atoms with Crippen LogP contribution in [-0.2, 0) is 22.6 Å². The van der Waals surface area contributed by atoms with E-state index in [-0.39, 0.29) is 11.9 Å². The highest BCUT2D eigenvalue weighted by Gasteiger charge is 2.55. The van der Waals surface area contributed by atoms with Crippen molar-refractivity contribution in [3.63, 3.8) is 0 Å². The molecular weight excluding hydrogens is 336 g/mol. The summed E-state index contributed by atoms with van der Waals surface area (Å²) in [7, 11) is 0. The maximum atomic E-state index is 12.5. The van der Waals surface area contributed by atoms with Crippen LogP contribution in [0.3, 0.4) is 0 Å². The van der Waals surface area contributed by atoms with E-state index in [1.54, 1.807) is 0 Å². The monoisotopic (exact) mass is 362 g/mol. The average Bonchev–Trinajstić information content (AvgIpc) is 3.07. The van der Waals surface area contributed by atoms with Crippen molar-refractivity contribution in [2.24, 2.45) is 11.3 Å². The first-order valence-electron chi connectivity index (χ1n) is 9.57. The molecule has 0 spiro atoms. The number of carbonyl (C=O) groups excluding carboxylic acids is 1. The van der Waals surface area contributed by atoms with E-state index in [4.69, 9.17) is 9.47 Å². The van der Waals surface area contributed by atoms with Gasteiger partial charge in [-0.05, 0) is 56.4 Å². The molecule has 1 saturated carbocycles. The minimum absolute atomic E-state index is 0.0623. The number of cyclic esters (lactones) is 1. The molecule has 1 aliphatic carbocycles. The Kier molecular flexibility index (Phi) is 4.55. The van der Waals surface area contributed by atoms with E-state index in [9.17, 15) is 4.79 Å². The van der Waals surface area contributed by atoms with Gasteiger partial charge in [0.25, 0.3) is 0 Å². The Morgan fingerprint density at radius 1 is 1.15 bits per heavy atom. The molecule has 140 valence electrons. The lowest BCUT2D eigenvalue weighted by atomic mass is 9.75. The Morgan fingerprint density at radius 2 is 1.93 bits per heavy atom. The number of esters is 1. The molecular formula is C24H26O3. The topological polar surface area (TPSA) is 35.5 Å². The van der Waals surface area contributed by atoms with Crippen LogP contribution in [0.4, 0.5) is 0 Å². The molecule has 1 saturated heterocycles. The molecule has 3 nitrogen and oxygen atoms in total. The van der Waals surface area contributed by atoms with Crippen LogP contribution in [0.2, 0.25) is 0 Å². The fraction of sp³-hybridized carbons (Fsp3) is 0.375. The molecule has 0 aromatic heterocycles. The molecule has 2 aromatic carbocycles. The van der Waals surface area contributed by atoms with Gasteiger partial charge in [-0.3, -0.25) is 4.79 Å². The predicted molar refractivity (Wildman–Crippen MR) is 106 cm³/mol. The molecule has 0 bridgehead atoms. The maximum absolute atomic E-state index is 12.5. The van der Waals surface area contributed by atoms with Gasteiger partial charge in [-0.2, -0.15) is 0 Å². The minimum Gasteiger partial charge on any atom is -0.489 e. The molecule has 2 aliphatic rings. The number of rotatable bonds is 5. The Balaban J connectivity index is 1.49. The molecule has 0 radical (unpaired) electrons. The normalized spacial score (nSPS) is 24.0.